The van der Waals surface area contributed by atoms with Crippen LogP contribution < -0.4 is 11.2 Å². The lowest BCUT2D eigenvalue weighted by Crippen LogP contribution is -2.42. The average molecular weight is 216 g/mol. The van der Waals surface area contributed by atoms with Gasteiger partial charge >= 0.3 is 11.7 Å². The molecule has 0 bridgehead atoms. The van der Waals surface area contributed by atoms with Gasteiger partial charge in [-0.25, -0.2) is 18.5 Å². The van der Waals surface area contributed by atoms with Gasteiger partial charge in [-0.3, -0.25) is 4.79 Å². The van der Waals surface area contributed by atoms with E-state index in [0.717, 1.165) is 10.6 Å². The molecule has 0 saturated heterocycles. The summed E-state index contributed by atoms with van der Waals surface area (Å²) in [6, 6.07) is 0.945. The second-order valence-electron chi connectivity index (χ2n) is 2.77. The number of halogens is 1. The fourth-order valence-electron chi connectivity index (χ4n) is 1.09. The number of carbonyl (C=O) groups is 1. The summed E-state index contributed by atoms with van der Waals surface area (Å²) in [5, 5.41) is 8.37. The molecule has 7 heteroatoms. The number of carboxylic acids is 1. The van der Waals surface area contributed by atoms with E-state index in [9.17, 15) is 18.8 Å². The Kier molecular flexibility index (Phi) is 3.03. The number of hydrogen-bond donors (Lipinski definition) is 1. The number of hydrogen-bond acceptors (Lipinski definition) is 3. The summed E-state index contributed by atoms with van der Waals surface area (Å²) >= 11 is 0. The van der Waals surface area contributed by atoms with Crippen molar-refractivity contribution in [3.63, 3.8) is 0 Å². The Morgan fingerprint density at radius 2 is 2.20 bits per heavy atom. The van der Waals surface area contributed by atoms with E-state index >= 15 is 0 Å². The van der Waals surface area contributed by atoms with Gasteiger partial charge in [-0.1, -0.05) is 0 Å². The molecule has 1 rings (SSSR count). The third-order valence-corrected chi connectivity index (χ3v) is 1.86. The minimum atomic E-state index is -2.65. The van der Waals surface area contributed by atoms with Crippen molar-refractivity contribution in [2.45, 2.75) is 19.8 Å². The van der Waals surface area contributed by atoms with Crippen LogP contribution in [0.25, 0.3) is 0 Å². The number of aliphatic carboxylic acids is 1. The van der Waals surface area contributed by atoms with Crippen molar-refractivity contribution >= 4 is 5.97 Å². The maximum atomic E-state index is 13.0. The molecule has 1 N–H and O–H groups in total. The summed E-state index contributed by atoms with van der Waals surface area (Å²) in [7, 11) is 0. The second kappa shape index (κ2) is 4.07. The summed E-state index contributed by atoms with van der Waals surface area (Å²) in [6.07, 6.45) is -1.46. The molecule has 1 aromatic heterocycles. The van der Waals surface area contributed by atoms with Crippen molar-refractivity contribution in [1.29, 1.82) is 0 Å². The van der Waals surface area contributed by atoms with Crippen LogP contribution in [0.15, 0.2) is 21.9 Å². The number of carboxylic acid groups (broad SMARTS) is 1. The molecule has 0 fully saturated rings. The fraction of sp³-hybridized carbons (Fsp3) is 0.375. The maximum Gasteiger partial charge on any atom is 0.360 e. The molecule has 0 spiro atoms. The Balaban J connectivity index is 3.47. The zero-order chi connectivity index (χ0) is 11.6. The molecule has 0 amide bonds. The molecule has 6 nitrogen and oxygen atoms in total. The number of rotatable bonds is 3. The summed E-state index contributed by atoms with van der Waals surface area (Å²) in [6.45, 7) is 1.84. The lowest BCUT2D eigenvalue weighted by atomic mass is 10.5. The van der Waals surface area contributed by atoms with Gasteiger partial charge < -0.3 is 9.67 Å². The van der Waals surface area contributed by atoms with E-state index in [1.165, 1.54) is 6.20 Å². The minimum absolute atomic E-state index is 0.0613. The Hall–Kier alpha value is -1.92. The Morgan fingerprint density at radius 1 is 1.60 bits per heavy atom. The average Bonchev–Trinajstić information content (AvgIpc) is 2.17. The Labute approximate surface area is 83.2 Å². The largest absolute Gasteiger partial charge is 0.478 e. The van der Waals surface area contributed by atoms with Crippen molar-refractivity contribution in [2.24, 2.45) is 0 Å². The van der Waals surface area contributed by atoms with Crippen LogP contribution in [0, 0.1) is 0 Å². The smallest absolute Gasteiger partial charge is 0.360 e. The molecule has 0 saturated carbocycles. The number of aryl methyl sites for hydroxylation is 1. The SMILES string of the molecule is CCn1ccc(=O)n(C(F)C(=O)O)c1=O. The molecule has 1 heterocycles. The van der Waals surface area contributed by atoms with E-state index < -0.39 is 23.5 Å². The van der Waals surface area contributed by atoms with Gasteiger partial charge in [0, 0.05) is 18.8 Å². The first-order valence-electron chi connectivity index (χ1n) is 4.18. The predicted molar refractivity (Wildman–Crippen MR) is 48.4 cm³/mol. The zero-order valence-electron chi connectivity index (χ0n) is 7.88. The van der Waals surface area contributed by atoms with Gasteiger partial charge in [0.2, 0.25) is 0 Å². The molecule has 1 atom stereocenters. The van der Waals surface area contributed by atoms with Gasteiger partial charge in [0.25, 0.3) is 11.9 Å². The van der Waals surface area contributed by atoms with Crippen LogP contribution in [0.4, 0.5) is 4.39 Å². The van der Waals surface area contributed by atoms with Crippen molar-refractivity contribution in [1.82, 2.24) is 9.13 Å². The van der Waals surface area contributed by atoms with Gasteiger partial charge in [-0.05, 0) is 6.92 Å². The van der Waals surface area contributed by atoms with Crippen molar-refractivity contribution in [3.05, 3.63) is 33.1 Å². The van der Waals surface area contributed by atoms with E-state index in [-0.39, 0.29) is 11.1 Å². The summed E-state index contributed by atoms with van der Waals surface area (Å²) in [5.41, 5.74) is -1.94. The first kappa shape index (κ1) is 11.2. The third kappa shape index (κ3) is 1.95. The van der Waals surface area contributed by atoms with Gasteiger partial charge in [0.15, 0.2) is 0 Å². The summed E-state index contributed by atoms with van der Waals surface area (Å²) in [4.78, 5) is 32.8. The molecule has 0 radical (unpaired) electrons. The van der Waals surface area contributed by atoms with Crippen molar-refractivity contribution in [3.8, 4) is 0 Å². The normalized spacial score (nSPS) is 12.4. The molecule has 82 valence electrons. The van der Waals surface area contributed by atoms with E-state index in [4.69, 9.17) is 5.11 Å². The molecule has 0 aliphatic rings. The molecule has 0 aliphatic carbocycles. The highest BCUT2D eigenvalue weighted by atomic mass is 19.1. The lowest BCUT2D eigenvalue weighted by Gasteiger charge is -2.08. The van der Waals surface area contributed by atoms with Crippen LogP contribution in [0.2, 0.25) is 0 Å². The Morgan fingerprint density at radius 3 is 2.67 bits per heavy atom. The van der Waals surface area contributed by atoms with Gasteiger partial charge in [-0.15, -0.1) is 0 Å². The highest BCUT2D eigenvalue weighted by Gasteiger charge is 2.22. The minimum Gasteiger partial charge on any atom is -0.478 e. The molecule has 1 unspecified atom stereocenters. The van der Waals surface area contributed by atoms with Crippen molar-refractivity contribution < 1.29 is 14.3 Å². The van der Waals surface area contributed by atoms with Gasteiger partial charge in [0.05, 0.1) is 0 Å². The molecule has 0 aromatic carbocycles. The van der Waals surface area contributed by atoms with E-state index in [1.54, 1.807) is 6.92 Å². The van der Waals surface area contributed by atoms with Crippen LogP contribution >= 0.6 is 0 Å². The number of alkyl halides is 1. The molecule has 15 heavy (non-hydrogen) atoms. The molecular formula is C8H9FN2O4. The second-order valence-corrected chi connectivity index (χ2v) is 2.77. The predicted octanol–water partition coefficient (Wildman–Crippen LogP) is -0.417. The monoisotopic (exact) mass is 216 g/mol. The van der Waals surface area contributed by atoms with Crippen LogP contribution in [-0.4, -0.2) is 20.2 Å². The molecule has 1 aromatic rings. The summed E-state index contributed by atoms with van der Waals surface area (Å²) < 4.78 is 14.1. The molecule has 0 aliphatic heterocycles. The van der Waals surface area contributed by atoms with Crippen LogP contribution in [-0.2, 0) is 11.3 Å². The maximum absolute atomic E-state index is 13.0. The number of aromatic nitrogens is 2. The zero-order valence-corrected chi connectivity index (χ0v) is 7.88. The van der Waals surface area contributed by atoms with Crippen LogP contribution in [0.3, 0.4) is 0 Å². The topological polar surface area (TPSA) is 81.3 Å². The number of nitrogens with zero attached hydrogens (tertiary/aromatic N) is 2. The van der Waals surface area contributed by atoms with E-state index in [0.29, 0.717) is 0 Å². The summed E-state index contributed by atoms with van der Waals surface area (Å²) in [5.74, 6) is -1.87. The van der Waals surface area contributed by atoms with E-state index in [1.807, 2.05) is 0 Å². The quantitative estimate of drug-likeness (QED) is 0.744. The standard InChI is InChI=1S/C8H9FN2O4/c1-2-10-4-3-5(12)11(8(10)15)6(9)7(13)14/h3-4,6H,2H2,1H3,(H,13,14). The molecular weight excluding hydrogens is 207 g/mol. The third-order valence-electron chi connectivity index (χ3n) is 1.86. The van der Waals surface area contributed by atoms with Crippen LogP contribution in [0.5, 0.6) is 0 Å². The van der Waals surface area contributed by atoms with Crippen LogP contribution in [0.1, 0.15) is 13.2 Å². The Bertz CT molecular complexity index is 490. The first-order valence-corrected chi connectivity index (χ1v) is 4.18. The van der Waals surface area contributed by atoms with Gasteiger partial charge in [0.1, 0.15) is 0 Å². The fourth-order valence-corrected chi connectivity index (χ4v) is 1.09. The van der Waals surface area contributed by atoms with Gasteiger partial charge in [-0.2, -0.15) is 0 Å². The van der Waals surface area contributed by atoms with Crippen molar-refractivity contribution in [2.75, 3.05) is 0 Å². The lowest BCUT2D eigenvalue weighted by molar-refractivity contribution is -0.146. The van der Waals surface area contributed by atoms with E-state index in [2.05, 4.69) is 0 Å². The first-order chi connectivity index (χ1) is 6.99. The highest BCUT2D eigenvalue weighted by molar-refractivity contribution is 5.70. The highest BCUT2D eigenvalue weighted by Crippen LogP contribution is 2.00.